The van der Waals surface area contributed by atoms with E-state index in [4.69, 9.17) is 4.74 Å². The summed E-state index contributed by atoms with van der Waals surface area (Å²) in [7, 11) is 1.26. The number of benzene rings is 1. The van der Waals surface area contributed by atoms with Gasteiger partial charge in [0, 0.05) is 5.56 Å². The first kappa shape index (κ1) is 14.2. The second kappa shape index (κ2) is 6.82. The number of carbonyl (C=O) groups is 1. The van der Waals surface area contributed by atoms with Crippen molar-refractivity contribution in [2.75, 3.05) is 18.6 Å². The standard InChI is InChI=1S/C14H18O4S/c1-17-14(16)13(15)11-4-2-3-5-12(11)18-10-6-8-19-9-7-10/h2-5,10,13,15H,6-9H2,1H3. The van der Waals surface area contributed by atoms with Gasteiger partial charge in [-0.2, -0.15) is 11.8 Å². The van der Waals surface area contributed by atoms with Gasteiger partial charge in [0.2, 0.25) is 0 Å². The highest BCUT2D eigenvalue weighted by Crippen LogP contribution is 2.29. The van der Waals surface area contributed by atoms with E-state index in [1.165, 1.54) is 7.11 Å². The quantitative estimate of drug-likeness (QED) is 0.858. The number of para-hydroxylation sites is 1. The lowest BCUT2D eigenvalue weighted by atomic mass is 10.1. The highest BCUT2D eigenvalue weighted by Gasteiger charge is 2.23. The van der Waals surface area contributed by atoms with Crippen LogP contribution in [0.4, 0.5) is 0 Å². The summed E-state index contributed by atoms with van der Waals surface area (Å²) < 4.78 is 10.5. The average molecular weight is 282 g/mol. The lowest BCUT2D eigenvalue weighted by Gasteiger charge is -2.24. The Bertz CT molecular complexity index is 429. The first-order valence-corrected chi connectivity index (χ1v) is 7.47. The van der Waals surface area contributed by atoms with Crippen LogP contribution < -0.4 is 4.74 Å². The first-order chi connectivity index (χ1) is 9.22. The van der Waals surface area contributed by atoms with Crippen molar-refractivity contribution >= 4 is 17.7 Å². The fourth-order valence-electron chi connectivity index (χ4n) is 2.03. The number of hydrogen-bond acceptors (Lipinski definition) is 5. The maximum Gasteiger partial charge on any atom is 0.339 e. The molecule has 1 aromatic carbocycles. The topological polar surface area (TPSA) is 55.8 Å². The van der Waals surface area contributed by atoms with E-state index in [1.54, 1.807) is 18.2 Å². The van der Waals surface area contributed by atoms with Gasteiger partial charge >= 0.3 is 5.97 Å². The van der Waals surface area contributed by atoms with Crippen LogP contribution in [0.1, 0.15) is 24.5 Å². The number of hydrogen-bond donors (Lipinski definition) is 1. The summed E-state index contributed by atoms with van der Waals surface area (Å²) in [6, 6.07) is 7.07. The molecular formula is C14H18O4S. The van der Waals surface area contributed by atoms with E-state index >= 15 is 0 Å². The summed E-state index contributed by atoms with van der Waals surface area (Å²) in [4.78, 5) is 11.4. The Labute approximate surface area is 117 Å². The van der Waals surface area contributed by atoms with Crippen LogP contribution in [0.3, 0.4) is 0 Å². The van der Waals surface area contributed by atoms with E-state index in [0.717, 1.165) is 24.3 Å². The minimum Gasteiger partial charge on any atom is -0.490 e. The summed E-state index contributed by atoms with van der Waals surface area (Å²) in [5.74, 6) is 2.08. The van der Waals surface area contributed by atoms with E-state index < -0.39 is 12.1 Å². The van der Waals surface area contributed by atoms with Crippen molar-refractivity contribution in [2.45, 2.75) is 25.0 Å². The van der Waals surface area contributed by atoms with E-state index in [0.29, 0.717) is 11.3 Å². The number of ether oxygens (including phenoxy) is 2. The zero-order valence-corrected chi connectivity index (χ0v) is 11.7. The van der Waals surface area contributed by atoms with Crippen LogP contribution in [0, 0.1) is 0 Å². The maximum absolute atomic E-state index is 11.4. The molecule has 0 radical (unpaired) electrons. The van der Waals surface area contributed by atoms with Gasteiger partial charge in [0.1, 0.15) is 11.9 Å². The molecule has 2 rings (SSSR count). The summed E-state index contributed by atoms with van der Waals surface area (Å²) in [5.41, 5.74) is 0.465. The molecule has 104 valence electrons. The Kier molecular flexibility index (Phi) is 5.10. The van der Waals surface area contributed by atoms with E-state index in [-0.39, 0.29) is 6.10 Å². The van der Waals surface area contributed by atoms with Crippen LogP contribution in [-0.4, -0.2) is 35.8 Å². The number of thioether (sulfide) groups is 1. The summed E-state index contributed by atoms with van der Waals surface area (Å²) in [5, 5.41) is 9.94. The predicted octanol–water partition coefficient (Wildman–Crippen LogP) is 2.17. The summed E-state index contributed by atoms with van der Waals surface area (Å²) >= 11 is 1.92. The van der Waals surface area contributed by atoms with E-state index in [2.05, 4.69) is 4.74 Å². The second-order valence-corrected chi connectivity index (χ2v) is 5.62. The molecule has 0 aliphatic carbocycles. The summed E-state index contributed by atoms with van der Waals surface area (Å²) in [6.07, 6.45) is 0.854. The number of aliphatic hydroxyl groups is 1. The van der Waals surface area contributed by atoms with Crippen molar-refractivity contribution in [3.8, 4) is 5.75 Å². The molecule has 1 fully saturated rings. The molecule has 0 saturated carbocycles. The first-order valence-electron chi connectivity index (χ1n) is 6.31. The van der Waals surface area contributed by atoms with Crippen LogP contribution in [0.2, 0.25) is 0 Å². The molecule has 0 aromatic heterocycles. The highest BCUT2D eigenvalue weighted by molar-refractivity contribution is 7.99. The van der Waals surface area contributed by atoms with E-state index in [1.807, 2.05) is 17.8 Å². The maximum atomic E-state index is 11.4. The Morgan fingerprint density at radius 2 is 2.05 bits per heavy atom. The van der Waals surface area contributed by atoms with Crippen molar-refractivity contribution in [3.63, 3.8) is 0 Å². The largest absolute Gasteiger partial charge is 0.490 e. The van der Waals surface area contributed by atoms with Crippen molar-refractivity contribution in [1.82, 2.24) is 0 Å². The Morgan fingerprint density at radius 3 is 2.74 bits per heavy atom. The van der Waals surface area contributed by atoms with Gasteiger partial charge in [0.25, 0.3) is 0 Å². The van der Waals surface area contributed by atoms with Crippen LogP contribution in [0.25, 0.3) is 0 Å². The van der Waals surface area contributed by atoms with Gasteiger partial charge in [-0.25, -0.2) is 4.79 Å². The molecule has 1 aliphatic heterocycles. The number of aliphatic hydroxyl groups excluding tert-OH is 1. The van der Waals surface area contributed by atoms with Gasteiger partial charge in [-0.05, 0) is 30.4 Å². The van der Waals surface area contributed by atoms with Gasteiger partial charge in [-0.3, -0.25) is 0 Å². The molecule has 4 nitrogen and oxygen atoms in total. The van der Waals surface area contributed by atoms with Crippen molar-refractivity contribution in [1.29, 1.82) is 0 Å². The molecule has 1 unspecified atom stereocenters. The monoisotopic (exact) mass is 282 g/mol. The molecule has 1 atom stereocenters. The highest BCUT2D eigenvalue weighted by atomic mass is 32.2. The molecule has 1 N–H and O–H groups in total. The third-order valence-corrected chi connectivity index (χ3v) is 4.15. The SMILES string of the molecule is COC(=O)C(O)c1ccccc1OC1CCSCC1. The lowest BCUT2D eigenvalue weighted by Crippen LogP contribution is -2.23. The van der Waals surface area contributed by atoms with Crippen LogP contribution >= 0.6 is 11.8 Å². The van der Waals surface area contributed by atoms with Crippen LogP contribution in [0.15, 0.2) is 24.3 Å². The zero-order valence-electron chi connectivity index (χ0n) is 10.9. The zero-order chi connectivity index (χ0) is 13.7. The predicted molar refractivity (Wildman–Crippen MR) is 74.4 cm³/mol. The second-order valence-electron chi connectivity index (χ2n) is 4.39. The summed E-state index contributed by atoms with van der Waals surface area (Å²) in [6.45, 7) is 0. The minimum atomic E-state index is -1.29. The van der Waals surface area contributed by atoms with Crippen LogP contribution in [0.5, 0.6) is 5.75 Å². The van der Waals surface area contributed by atoms with Crippen molar-refractivity contribution < 1.29 is 19.4 Å². The van der Waals surface area contributed by atoms with Gasteiger partial charge < -0.3 is 14.6 Å². The molecule has 5 heteroatoms. The van der Waals surface area contributed by atoms with Crippen LogP contribution in [-0.2, 0) is 9.53 Å². The Balaban J connectivity index is 2.13. The molecule has 19 heavy (non-hydrogen) atoms. The normalized spacial score (nSPS) is 17.8. The molecule has 0 bridgehead atoms. The van der Waals surface area contributed by atoms with Gasteiger partial charge in [-0.15, -0.1) is 0 Å². The lowest BCUT2D eigenvalue weighted by molar-refractivity contribution is -0.150. The van der Waals surface area contributed by atoms with Gasteiger partial charge in [-0.1, -0.05) is 18.2 Å². The molecule has 1 saturated heterocycles. The van der Waals surface area contributed by atoms with E-state index in [9.17, 15) is 9.90 Å². The average Bonchev–Trinajstić information content (AvgIpc) is 2.47. The molecule has 1 aromatic rings. The smallest absolute Gasteiger partial charge is 0.339 e. The van der Waals surface area contributed by atoms with Gasteiger partial charge in [0.15, 0.2) is 6.10 Å². The third-order valence-electron chi connectivity index (χ3n) is 3.10. The Morgan fingerprint density at radius 1 is 1.37 bits per heavy atom. The number of rotatable bonds is 4. The minimum absolute atomic E-state index is 0.159. The molecule has 1 heterocycles. The molecule has 0 amide bonds. The van der Waals surface area contributed by atoms with Crippen molar-refractivity contribution in [2.24, 2.45) is 0 Å². The number of esters is 1. The van der Waals surface area contributed by atoms with Crippen molar-refractivity contribution in [3.05, 3.63) is 29.8 Å². The number of methoxy groups -OCH3 is 1. The van der Waals surface area contributed by atoms with Gasteiger partial charge in [0.05, 0.1) is 7.11 Å². The molecule has 0 spiro atoms. The Hall–Kier alpha value is -1.20. The fourth-order valence-corrected chi connectivity index (χ4v) is 3.09. The molecule has 1 aliphatic rings. The molecular weight excluding hydrogens is 264 g/mol. The third kappa shape index (κ3) is 3.64. The number of carbonyl (C=O) groups excluding carboxylic acids is 1. The fraction of sp³-hybridized carbons (Fsp3) is 0.500.